The van der Waals surface area contributed by atoms with E-state index in [2.05, 4.69) is 20.3 Å². The number of halogens is 1. The summed E-state index contributed by atoms with van der Waals surface area (Å²) >= 11 is 5.94. The minimum absolute atomic E-state index is 0.0370. The van der Waals surface area contributed by atoms with Gasteiger partial charge in [-0.15, -0.1) is 0 Å². The SMILES string of the molecule is CN(C(=O)c1ncc2ncn(-c3ccc(NC(=O)OC(C)(C)C)cc3)c2n1)c1ccc(Cl)cc1. The molecule has 0 atom stereocenters. The largest absolute Gasteiger partial charge is 0.444 e. The van der Waals surface area contributed by atoms with Gasteiger partial charge in [-0.1, -0.05) is 11.6 Å². The van der Waals surface area contributed by atoms with Crippen LogP contribution in [0.2, 0.25) is 5.02 Å². The minimum Gasteiger partial charge on any atom is -0.444 e. The molecule has 2 aromatic heterocycles. The average Bonchev–Trinajstić information content (AvgIpc) is 3.21. The number of carbonyl (C=O) groups is 2. The van der Waals surface area contributed by atoms with Crippen molar-refractivity contribution in [3.8, 4) is 5.69 Å². The molecule has 9 nitrogen and oxygen atoms in total. The number of aromatic nitrogens is 4. The zero-order valence-electron chi connectivity index (χ0n) is 19.1. The number of hydrogen-bond donors (Lipinski definition) is 1. The Labute approximate surface area is 201 Å². The molecule has 34 heavy (non-hydrogen) atoms. The molecule has 0 unspecified atom stereocenters. The van der Waals surface area contributed by atoms with E-state index in [1.807, 2.05) is 0 Å². The quantitative estimate of drug-likeness (QED) is 0.438. The summed E-state index contributed by atoms with van der Waals surface area (Å²) in [6.45, 7) is 5.40. The van der Waals surface area contributed by atoms with Crippen LogP contribution in [0.15, 0.2) is 61.1 Å². The lowest BCUT2D eigenvalue weighted by atomic mass is 10.2. The first-order chi connectivity index (χ1) is 16.1. The van der Waals surface area contributed by atoms with Gasteiger partial charge in [-0.3, -0.25) is 14.7 Å². The van der Waals surface area contributed by atoms with E-state index < -0.39 is 11.7 Å². The maximum Gasteiger partial charge on any atom is 0.412 e. The van der Waals surface area contributed by atoms with E-state index in [1.165, 1.54) is 11.1 Å². The molecule has 0 saturated carbocycles. The summed E-state index contributed by atoms with van der Waals surface area (Å²) in [7, 11) is 1.65. The number of anilines is 2. The predicted octanol–water partition coefficient (Wildman–Crippen LogP) is 5.09. The molecule has 2 heterocycles. The second-order valence-electron chi connectivity index (χ2n) is 8.53. The monoisotopic (exact) mass is 478 g/mol. The van der Waals surface area contributed by atoms with Crippen molar-refractivity contribution in [1.82, 2.24) is 19.5 Å². The lowest BCUT2D eigenvalue weighted by Crippen LogP contribution is -2.28. The van der Waals surface area contributed by atoms with Crippen molar-refractivity contribution in [2.24, 2.45) is 0 Å². The van der Waals surface area contributed by atoms with Crippen LogP contribution in [0, 0.1) is 0 Å². The van der Waals surface area contributed by atoms with Crippen molar-refractivity contribution in [2.75, 3.05) is 17.3 Å². The molecule has 0 radical (unpaired) electrons. The number of nitrogens with one attached hydrogen (secondary N) is 1. The first-order valence-electron chi connectivity index (χ1n) is 10.4. The molecular weight excluding hydrogens is 456 g/mol. The van der Waals surface area contributed by atoms with Crippen LogP contribution in [0.25, 0.3) is 16.9 Å². The highest BCUT2D eigenvalue weighted by molar-refractivity contribution is 6.30. The summed E-state index contributed by atoms with van der Waals surface area (Å²) in [4.78, 5) is 39.4. The molecular formula is C24H23ClN6O3. The van der Waals surface area contributed by atoms with Gasteiger partial charge in [0, 0.05) is 29.1 Å². The van der Waals surface area contributed by atoms with Crippen molar-refractivity contribution < 1.29 is 14.3 Å². The van der Waals surface area contributed by atoms with Gasteiger partial charge in [0.25, 0.3) is 5.91 Å². The normalized spacial score (nSPS) is 11.3. The van der Waals surface area contributed by atoms with E-state index in [1.54, 1.807) is 87.2 Å². The highest BCUT2D eigenvalue weighted by atomic mass is 35.5. The number of rotatable bonds is 4. The van der Waals surface area contributed by atoms with E-state index in [0.29, 0.717) is 27.6 Å². The second-order valence-corrected chi connectivity index (χ2v) is 8.97. The summed E-state index contributed by atoms with van der Waals surface area (Å²) in [5.41, 5.74) is 2.44. The number of ether oxygens (including phenoxy) is 1. The van der Waals surface area contributed by atoms with Crippen LogP contribution in [-0.4, -0.2) is 44.2 Å². The fraction of sp³-hybridized carbons (Fsp3) is 0.208. The molecule has 4 aromatic rings. The van der Waals surface area contributed by atoms with E-state index in [0.717, 1.165) is 5.69 Å². The number of carbonyl (C=O) groups excluding carboxylic acids is 2. The third kappa shape index (κ3) is 5.15. The Morgan fingerprint density at radius 2 is 1.71 bits per heavy atom. The van der Waals surface area contributed by atoms with E-state index >= 15 is 0 Å². The highest BCUT2D eigenvalue weighted by Crippen LogP contribution is 2.21. The van der Waals surface area contributed by atoms with Gasteiger partial charge < -0.3 is 9.64 Å². The molecule has 1 N–H and O–H groups in total. The molecule has 4 rings (SSSR count). The minimum atomic E-state index is -0.587. The summed E-state index contributed by atoms with van der Waals surface area (Å²) in [5.74, 6) is -0.330. The van der Waals surface area contributed by atoms with Gasteiger partial charge in [0.2, 0.25) is 5.82 Å². The van der Waals surface area contributed by atoms with Gasteiger partial charge in [-0.2, -0.15) is 0 Å². The molecule has 0 fully saturated rings. The van der Waals surface area contributed by atoms with Gasteiger partial charge in [-0.05, 0) is 69.3 Å². The van der Waals surface area contributed by atoms with Crippen molar-refractivity contribution >= 4 is 46.1 Å². The Hall–Kier alpha value is -3.98. The topological polar surface area (TPSA) is 102 Å². The Kier molecular flexibility index (Phi) is 6.21. The third-order valence-corrected chi connectivity index (χ3v) is 5.04. The fourth-order valence-electron chi connectivity index (χ4n) is 3.16. The summed E-state index contributed by atoms with van der Waals surface area (Å²) in [6, 6.07) is 14.0. The lowest BCUT2D eigenvalue weighted by Gasteiger charge is -2.19. The van der Waals surface area contributed by atoms with Gasteiger partial charge in [-0.25, -0.2) is 19.7 Å². The van der Waals surface area contributed by atoms with Gasteiger partial charge in [0.1, 0.15) is 17.4 Å². The molecule has 0 bridgehead atoms. The van der Waals surface area contributed by atoms with Crippen molar-refractivity contribution in [2.45, 2.75) is 26.4 Å². The molecule has 2 amide bonds. The standard InChI is InChI=1S/C24H23ClN6O3/c1-24(2,3)34-23(33)28-16-7-11-18(12-8-16)31-14-27-19-13-26-20(29-21(19)31)22(32)30(4)17-9-5-15(25)6-10-17/h5-14H,1-4H3,(H,28,33). The van der Waals surface area contributed by atoms with E-state index in [4.69, 9.17) is 16.3 Å². The second kappa shape index (κ2) is 9.11. The molecule has 0 aliphatic rings. The van der Waals surface area contributed by atoms with Crippen LogP contribution in [0.3, 0.4) is 0 Å². The predicted molar refractivity (Wildman–Crippen MR) is 131 cm³/mol. The first kappa shape index (κ1) is 23.2. The maximum atomic E-state index is 13.0. The van der Waals surface area contributed by atoms with Crippen LogP contribution in [0.5, 0.6) is 0 Å². The Morgan fingerprint density at radius 3 is 2.35 bits per heavy atom. The van der Waals surface area contributed by atoms with Crippen molar-refractivity contribution in [3.05, 3.63) is 71.9 Å². The smallest absolute Gasteiger partial charge is 0.412 e. The lowest BCUT2D eigenvalue weighted by molar-refractivity contribution is 0.0635. The van der Waals surface area contributed by atoms with Crippen LogP contribution in [0.4, 0.5) is 16.2 Å². The summed E-state index contributed by atoms with van der Waals surface area (Å²) in [5, 5.41) is 3.28. The number of hydrogen-bond acceptors (Lipinski definition) is 6. The zero-order chi connectivity index (χ0) is 24.5. The third-order valence-electron chi connectivity index (χ3n) is 4.79. The number of imidazole rings is 1. The molecule has 0 aliphatic heterocycles. The molecule has 0 aliphatic carbocycles. The Balaban J connectivity index is 1.57. The van der Waals surface area contributed by atoms with E-state index in [9.17, 15) is 9.59 Å². The molecule has 174 valence electrons. The first-order valence-corrected chi connectivity index (χ1v) is 10.8. The molecule has 2 aromatic carbocycles. The van der Waals surface area contributed by atoms with Crippen LogP contribution in [-0.2, 0) is 4.74 Å². The van der Waals surface area contributed by atoms with Gasteiger partial charge in [0.05, 0.1) is 6.20 Å². The Bertz CT molecular complexity index is 1340. The average molecular weight is 479 g/mol. The van der Waals surface area contributed by atoms with Crippen molar-refractivity contribution in [3.63, 3.8) is 0 Å². The van der Waals surface area contributed by atoms with Crippen LogP contribution < -0.4 is 10.2 Å². The Morgan fingerprint density at radius 1 is 1.03 bits per heavy atom. The molecule has 0 saturated heterocycles. The number of benzene rings is 2. The van der Waals surface area contributed by atoms with Crippen LogP contribution >= 0.6 is 11.6 Å². The number of fused-ring (bicyclic) bond motifs is 1. The van der Waals surface area contributed by atoms with Gasteiger partial charge >= 0.3 is 6.09 Å². The van der Waals surface area contributed by atoms with Crippen LogP contribution in [0.1, 0.15) is 31.4 Å². The van der Waals surface area contributed by atoms with Crippen molar-refractivity contribution in [1.29, 1.82) is 0 Å². The molecule has 0 spiro atoms. The number of amides is 2. The number of nitrogens with zero attached hydrogens (tertiary/aromatic N) is 5. The highest BCUT2D eigenvalue weighted by Gasteiger charge is 2.19. The maximum absolute atomic E-state index is 13.0. The zero-order valence-corrected chi connectivity index (χ0v) is 19.9. The summed E-state index contributed by atoms with van der Waals surface area (Å²) < 4.78 is 7.01. The fourth-order valence-corrected chi connectivity index (χ4v) is 3.29. The van der Waals surface area contributed by atoms with Gasteiger partial charge in [0.15, 0.2) is 5.65 Å². The molecule has 10 heteroatoms. The summed E-state index contributed by atoms with van der Waals surface area (Å²) in [6.07, 6.45) is 2.58. The van der Waals surface area contributed by atoms with E-state index in [-0.39, 0.29) is 11.7 Å².